The van der Waals surface area contributed by atoms with Crippen LogP contribution in [0, 0.1) is 17.0 Å². The highest BCUT2D eigenvalue weighted by Crippen LogP contribution is 2.29. The van der Waals surface area contributed by atoms with Gasteiger partial charge in [0.15, 0.2) is 15.0 Å². The molecule has 0 saturated carbocycles. The fraction of sp³-hybridized carbons (Fsp3) is 0.222. The van der Waals surface area contributed by atoms with Gasteiger partial charge in [-0.25, -0.2) is 13.4 Å². The molecular weight excluding hydrogens is 402 g/mol. The van der Waals surface area contributed by atoms with Gasteiger partial charge in [-0.2, -0.15) is 0 Å². The first-order valence-corrected chi connectivity index (χ1v) is 10.9. The normalized spacial score (nSPS) is 11.5. The fourth-order valence-corrected chi connectivity index (χ4v) is 4.72. The number of hydrogen-bond donors (Lipinski definition) is 1. The number of benzene rings is 2. The first-order chi connectivity index (χ1) is 13.2. The van der Waals surface area contributed by atoms with Gasteiger partial charge in [0.05, 0.1) is 25.8 Å². The number of thiazole rings is 1. The minimum absolute atomic E-state index is 0.0289. The van der Waals surface area contributed by atoms with Crippen molar-refractivity contribution >= 4 is 48.1 Å². The van der Waals surface area contributed by atoms with Crippen LogP contribution in [0.25, 0.3) is 10.2 Å². The lowest BCUT2D eigenvalue weighted by molar-refractivity contribution is -0.384. The van der Waals surface area contributed by atoms with Crippen molar-refractivity contribution in [2.75, 3.05) is 11.1 Å². The Labute approximate surface area is 165 Å². The summed E-state index contributed by atoms with van der Waals surface area (Å²) in [6.07, 6.45) is 0.208. The van der Waals surface area contributed by atoms with Crippen molar-refractivity contribution in [1.82, 2.24) is 4.98 Å². The molecule has 0 aliphatic rings. The summed E-state index contributed by atoms with van der Waals surface area (Å²) in [5, 5.41) is 13.7. The van der Waals surface area contributed by atoms with Crippen LogP contribution in [0.15, 0.2) is 47.4 Å². The molecule has 146 valence electrons. The second kappa shape index (κ2) is 8.03. The highest BCUT2D eigenvalue weighted by atomic mass is 32.2. The number of fused-ring (bicyclic) bond motifs is 1. The molecule has 0 unspecified atom stereocenters. The van der Waals surface area contributed by atoms with Gasteiger partial charge in [-0.15, -0.1) is 0 Å². The molecule has 0 spiro atoms. The van der Waals surface area contributed by atoms with Crippen LogP contribution in [0.3, 0.4) is 0 Å². The Hall–Kier alpha value is -2.85. The Kier molecular flexibility index (Phi) is 5.71. The number of amides is 1. The Bertz CT molecular complexity index is 1140. The molecule has 0 aliphatic carbocycles. The summed E-state index contributed by atoms with van der Waals surface area (Å²) in [5.41, 5.74) is 1.33. The first-order valence-electron chi connectivity index (χ1n) is 8.39. The molecule has 0 radical (unpaired) electrons. The van der Waals surface area contributed by atoms with Crippen LogP contribution in [0.2, 0.25) is 0 Å². The highest BCUT2D eigenvalue weighted by Gasteiger charge is 2.16. The second-order valence-electron chi connectivity index (χ2n) is 6.21. The third-order valence-electron chi connectivity index (χ3n) is 4.03. The smallest absolute Gasteiger partial charge is 0.271 e. The number of nitrogens with one attached hydrogen (secondary N) is 1. The van der Waals surface area contributed by atoms with E-state index in [9.17, 15) is 23.3 Å². The molecule has 0 bridgehead atoms. The van der Waals surface area contributed by atoms with Gasteiger partial charge in [-0.05, 0) is 31.5 Å². The summed E-state index contributed by atoms with van der Waals surface area (Å²) in [6.45, 7) is 1.88. The van der Waals surface area contributed by atoms with E-state index in [4.69, 9.17) is 0 Å². The lowest BCUT2D eigenvalue weighted by atomic mass is 10.2. The van der Waals surface area contributed by atoms with E-state index >= 15 is 0 Å². The molecule has 0 fully saturated rings. The SMILES string of the molecule is Cc1ccc(S(=O)(=O)CCCC(=O)Nc2nc3cc([N+](=O)[O-])ccc3s2)cc1. The van der Waals surface area contributed by atoms with Crippen LogP contribution < -0.4 is 5.32 Å². The van der Waals surface area contributed by atoms with Gasteiger partial charge >= 0.3 is 0 Å². The van der Waals surface area contributed by atoms with Gasteiger partial charge in [0.2, 0.25) is 5.91 Å². The van der Waals surface area contributed by atoms with Crippen molar-refractivity contribution in [1.29, 1.82) is 0 Å². The molecule has 8 nitrogen and oxygen atoms in total. The van der Waals surface area contributed by atoms with Crippen molar-refractivity contribution in [2.45, 2.75) is 24.7 Å². The van der Waals surface area contributed by atoms with E-state index < -0.39 is 14.8 Å². The van der Waals surface area contributed by atoms with Crippen molar-refractivity contribution in [3.63, 3.8) is 0 Å². The first kappa shape index (κ1) is 19.9. The topological polar surface area (TPSA) is 119 Å². The largest absolute Gasteiger partial charge is 0.302 e. The van der Waals surface area contributed by atoms with Crippen LogP contribution in [0.5, 0.6) is 0 Å². The van der Waals surface area contributed by atoms with Crippen molar-refractivity contribution < 1.29 is 18.1 Å². The van der Waals surface area contributed by atoms with Crippen molar-refractivity contribution in [3.8, 4) is 0 Å². The highest BCUT2D eigenvalue weighted by molar-refractivity contribution is 7.91. The molecule has 1 N–H and O–H groups in total. The fourth-order valence-electron chi connectivity index (χ4n) is 2.55. The molecule has 0 saturated heterocycles. The zero-order valence-corrected chi connectivity index (χ0v) is 16.5. The maximum atomic E-state index is 12.3. The zero-order chi connectivity index (χ0) is 20.3. The van der Waals surface area contributed by atoms with E-state index in [2.05, 4.69) is 10.3 Å². The third-order valence-corrected chi connectivity index (χ3v) is 6.79. The van der Waals surface area contributed by atoms with Gasteiger partial charge in [0, 0.05) is 18.6 Å². The zero-order valence-electron chi connectivity index (χ0n) is 14.9. The summed E-state index contributed by atoms with van der Waals surface area (Å²) in [7, 11) is -3.44. The lowest BCUT2D eigenvalue weighted by Crippen LogP contribution is -2.14. The van der Waals surface area contributed by atoms with Crippen LogP contribution in [-0.2, 0) is 14.6 Å². The Morgan fingerprint density at radius 1 is 1.21 bits per heavy atom. The van der Waals surface area contributed by atoms with E-state index in [0.29, 0.717) is 15.3 Å². The molecule has 3 rings (SSSR count). The molecule has 1 aromatic heterocycles. The Morgan fingerprint density at radius 2 is 1.93 bits per heavy atom. The Balaban J connectivity index is 1.57. The summed E-state index contributed by atoms with van der Waals surface area (Å²) in [4.78, 5) is 26.8. The summed E-state index contributed by atoms with van der Waals surface area (Å²) < 4.78 is 25.3. The molecule has 1 amide bonds. The monoisotopic (exact) mass is 419 g/mol. The number of aromatic nitrogens is 1. The number of non-ortho nitro benzene ring substituents is 1. The summed E-state index contributed by atoms with van der Waals surface area (Å²) in [6, 6.07) is 10.9. The number of sulfone groups is 1. The average molecular weight is 419 g/mol. The number of nitro groups is 1. The average Bonchev–Trinajstić information content (AvgIpc) is 3.03. The van der Waals surface area contributed by atoms with E-state index in [1.165, 1.54) is 23.5 Å². The number of nitrogens with zero attached hydrogens (tertiary/aromatic N) is 2. The number of hydrogen-bond acceptors (Lipinski definition) is 7. The van der Waals surface area contributed by atoms with Crippen LogP contribution in [-0.4, -0.2) is 30.0 Å². The molecule has 1 heterocycles. The van der Waals surface area contributed by atoms with E-state index in [1.54, 1.807) is 30.3 Å². The number of carbonyl (C=O) groups excluding carboxylic acids is 1. The minimum Gasteiger partial charge on any atom is -0.302 e. The molecule has 0 atom stereocenters. The summed E-state index contributed by atoms with van der Waals surface area (Å²) >= 11 is 1.20. The molecule has 10 heteroatoms. The van der Waals surface area contributed by atoms with Gasteiger partial charge in [0.1, 0.15) is 0 Å². The minimum atomic E-state index is -3.44. The van der Waals surface area contributed by atoms with Crippen molar-refractivity contribution in [3.05, 3.63) is 58.1 Å². The standard InChI is InChI=1S/C18H17N3O5S2/c1-12-4-7-14(8-5-12)28(25,26)10-2-3-17(22)20-18-19-15-11-13(21(23)24)6-9-16(15)27-18/h4-9,11H,2-3,10H2,1H3,(H,19,20,22). The number of rotatable bonds is 7. The predicted octanol–water partition coefficient (Wildman–Crippen LogP) is 3.71. The van der Waals surface area contributed by atoms with Crippen LogP contribution >= 0.6 is 11.3 Å². The summed E-state index contributed by atoms with van der Waals surface area (Å²) in [5.74, 6) is -0.483. The number of aryl methyl sites for hydroxylation is 1. The molecule has 3 aromatic rings. The van der Waals surface area contributed by atoms with Crippen LogP contribution in [0.4, 0.5) is 10.8 Å². The van der Waals surface area contributed by atoms with Gasteiger partial charge in [0.25, 0.3) is 5.69 Å². The molecule has 0 aliphatic heterocycles. The molecular formula is C18H17N3O5S2. The van der Waals surface area contributed by atoms with Gasteiger partial charge < -0.3 is 5.32 Å². The number of anilines is 1. The predicted molar refractivity (Wildman–Crippen MR) is 107 cm³/mol. The second-order valence-corrected chi connectivity index (χ2v) is 9.35. The lowest BCUT2D eigenvalue weighted by Gasteiger charge is -2.05. The number of nitro benzene ring substituents is 1. The van der Waals surface area contributed by atoms with E-state index in [0.717, 1.165) is 5.56 Å². The Morgan fingerprint density at radius 3 is 2.61 bits per heavy atom. The van der Waals surface area contributed by atoms with E-state index in [1.807, 2.05) is 6.92 Å². The van der Waals surface area contributed by atoms with Gasteiger partial charge in [-0.3, -0.25) is 14.9 Å². The van der Waals surface area contributed by atoms with Crippen molar-refractivity contribution in [2.24, 2.45) is 0 Å². The third kappa shape index (κ3) is 4.70. The molecule has 2 aromatic carbocycles. The number of carbonyl (C=O) groups is 1. The quantitative estimate of drug-likeness (QED) is 0.460. The van der Waals surface area contributed by atoms with E-state index in [-0.39, 0.29) is 35.1 Å². The van der Waals surface area contributed by atoms with Gasteiger partial charge in [-0.1, -0.05) is 29.0 Å². The maximum Gasteiger partial charge on any atom is 0.271 e. The molecule has 28 heavy (non-hydrogen) atoms. The van der Waals surface area contributed by atoms with Crippen LogP contribution in [0.1, 0.15) is 18.4 Å². The maximum absolute atomic E-state index is 12.3.